The van der Waals surface area contributed by atoms with Crippen molar-refractivity contribution in [2.75, 3.05) is 40.4 Å². The molecular weight excluding hydrogens is 284 g/mol. The topological polar surface area (TPSA) is 87.2 Å². The number of ether oxygens (including phenoxy) is 1. The molecule has 1 saturated carbocycles. The fraction of sp³-hybridized carbons (Fsp3) is 0.917. The second-order valence-electron chi connectivity index (χ2n) is 5.67. The van der Waals surface area contributed by atoms with Crippen LogP contribution in [-0.4, -0.2) is 68.5 Å². The van der Waals surface area contributed by atoms with E-state index in [9.17, 15) is 18.3 Å². The van der Waals surface area contributed by atoms with Gasteiger partial charge in [-0.3, -0.25) is 4.79 Å². The maximum atomic E-state index is 12.4. The summed E-state index contributed by atoms with van der Waals surface area (Å²) < 4.78 is 32.3. The van der Waals surface area contributed by atoms with Crippen molar-refractivity contribution in [1.82, 2.24) is 8.61 Å². The van der Waals surface area contributed by atoms with Gasteiger partial charge in [-0.1, -0.05) is 6.42 Å². The van der Waals surface area contributed by atoms with Crippen molar-refractivity contribution in [2.24, 2.45) is 11.3 Å². The first kappa shape index (κ1) is 15.7. The number of carbonyl (C=O) groups is 1. The number of methoxy groups -OCH3 is 1. The Bertz CT molecular complexity index is 480. The maximum absolute atomic E-state index is 12.4. The van der Waals surface area contributed by atoms with Crippen molar-refractivity contribution < 1.29 is 23.1 Å². The monoisotopic (exact) mass is 306 g/mol. The molecule has 0 radical (unpaired) electrons. The lowest BCUT2D eigenvalue weighted by Crippen LogP contribution is -2.44. The quantitative estimate of drug-likeness (QED) is 0.746. The number of hydrogen-bond donors (Lipinski definition) is 1. The third-order valence-electron chi connectivity index (χ3n) is 4.60. The largest absolute Gasteiger partial charge is 0.481 e. The summed E-state index contributed by atoms with van der Waals surface area (Å²) in [6.07, 6.45) is 2.23. The van der Waals surface area contributed by atoms with Gasteiger partial charge in [-0.25, -0.2) is 0 Å². The van der Waals surface area contributed by atoms with Gasteiger partial charge in [0.1, 0.15) is 0 Å². The number of rotatable bonds is 6. The third kappa shape index (κ3) is 2.45. The van der Waals surface area contributed by atoms with E-state index in [0.717, 1.165) is 12.8 Å². The Morgan fingerprint density at radius 3 is 2.80 bits per heavy atom. The molecule has 0 amide bonds. The Morgan fingerprint density at radius 1 is 1.55 bits per heavy atom. The number of hydrogen-bond acceptors (Lipinski definition) is 4. The molecule has 0 unspecified atom stereocenters. The molecule has 0 bridgehead atoms. The van der Waals surface area contributed by atoms with Gasteiger partial charge in [-0.2, -0.15) is 17.0 Å². The summed E-state index contributed by atoms with van der Waals surface area (Å²) >= 11 is 0. The highest BCUT2D eigenvalue weighted by Crippen LogP contribution is 2.49. The van der Waals surface area contributed by atoms with Crippen molar-refractivity contribution in [3.8, 4) is 0 Å². The molecule has 2 rings (SSSR count). The molecule has 1 saturated heterocycles. The van der Waals surface area contributed by atoms with E-state index in [1.54, 1.807) is 0 Å². The van der Waals surface area contributed by atoms with Crippen molar-refractivity contribution in [2.45, 2.75) is 19.3 Å². The minimum Gasteiger partial charge on any atom is -0.481 e. The summed E-state index contributed by atoms with van der Waals surface area (Å²) in [5, 5.41) is 9.48. The number of carboxylic acids is 1. The lowest BCUT2D eigenvalue weighted by molar-refractivity contribution is -0.149. The molecule has 2 fully saturated rings. The highest BCUT2D eigenvalue weighted by Gasteiger charge is 2.57. The van der Waals surface area contributed by atoms with Crippen molar-refractivity contribution in [1.29, 1.82) is 0 Å². The summed E-state index contributed by atoms with van der Waals surface area (Å²) in [5.74, 6) is -0.928. The van der Waals surface area contributed by atoms with Gasteiger partial charge >= 0.3 is 5.97 Å². The minimum absolute atomic E-state index is 0.0643. The van der Waals surface area contributed by atoms with Crippen LogP contribution >= 0.6 is 0 Å². The van der Waals surface area contributed by atoms with E-state index in [4.69, 9.17) is 4.74 Å². The Balaban J connectivity index is 2.14. The molecular formula is C12H22N2O5S. The molecule has 20 heavy (non-hydrogen) atoms. The van der Waals surface area contributed by atoms with Crippen LogP contribution in [0, 0.1) is 11.3 Å². The van der Waals surface area contributed by atoms with Crippen LogP contribution in [0.25, 0.3) is 0 Å². The number of likely N-dealkylation sites (N-methyl/N-ethyl adjacent to an activating group) is 1. The van der Waals surface area contributed by atoms with Crippen LogP contribution in [0.15, 0.2) is 0 Å². The van der Waals surface area contributed by atoms with Gasteiger partial charge in [0.25, 0.3) is 10.2 Å². The summed E-state index contributed by atoms with van der Waals surface area (Å²) in [6.45, 7) is 0.982. The van der Waals surface area contributed by atoms with E-state index in [2.05, 4.69) is 0 Å². The second kappa shape index (κ2) is 5.59. The molecule has 1 heterocycles. The molecule has 0 aromatic rings. The number of carboxylic acid groups (broad SMARTS) is 1. The predicted octanol–water partition coefficient (Wildman–Crippen LogP) is -0.00390. The van der Waals surface area contributed by atoms with E-state index in [-0.39, 0.29) is 19.0 Å². The van der Waals surface area contributed by atoms with Gasteiger partial charge in [0.15, 0.2) is 0 Å². The Morgan fingerprint density at radius 2 is 2.25 bits per heavy atom. The number of fused-ring (bicyclic) bond motifs is 1. The fourth-order valence-electron chi connectivity index (χ4n) is 3.30. The second-order valence-corrected chi connectivity index (χ2v) is 7.70. The zero-order valence-corrected chi connectivity index (χ0v) is 12.7. The average molecular weight is 306 g/mol. The number of aliphatic carboxylic acids is 1. The highest BCUT2D eigenvalue weighted by molar-refractivity contribution is 7.86. The van der Waals surface area contributed by atoms with Crippen LogP contribution in [0.3, 0.4) is 0 Å². The molecule has 0 spiro atoms. The van der Waals surface area contributed by atoms with Crippen LogP contribution in [0.4, 0.5) is 0 Å². The molecule has 2 atom stereocenters. The molecule has 0 aromatic heterocycles. The average Bonchev–Trinajstić information content (AvgIpc) is 2.93. The zero-order chi connectivity index (χ0) is 15.0. The van der Waals surface area contributed by atoms with Crippen LogP contribution < -0.4 is 0 Å². The fourth-order valence-corrected chi connectivity index (χ4v) is 4.76. The van der Waals surface area contributed by atoms with Crippen molar-refractivity contribution >= 4 is 16.2 Å². The van der Waals surface area contributed by atoms with Gasteiger partial charge in [0.2, 0.25) is 0 Å². The molecule has 0 aromatic carbocycles. The Kier molecular flexibility index (Phi) is 4.38. The first-order valence-electron chi connectivity index (χ1n) is 6.78. The minimum atomic E-state index is -3.60. The van der Waals surface area contributed by atoms with Gasteiger partial charge in [-0.05, 0) is 18.8 Å². The summed E-state index contributed by atoms with van der Waals surface area (Å²) in [4.78, 5) is 11.6. The molecule has 1 N–H and O–H groups in total. The molecule has 1 aliphatic carbocycles. The lowest BCUT2D eigenvalue weighted by Gasteiger charge is -2.26. The van der Waals surface area contributed by atoms with Crippen LogP contribution in [0.1, 0.15) is 19.3 Å². The van der Waals surface area contributed by atoms with Crippen molar-refractivity contribution in [3.63, 3.8) is 0 Å². The first-order valence-corrected chi connectivity index (χ1v) is 8.18. The van der Waals surface area contributed by atoms with E-state index in [1.165, 1.54) is 22.8 Å². The molecule has 2 aliphatic rings. The van der Waals surface area contributed by atoms with Gasteiger partial charge in [0, 0.05) is 33.8 Å². The number of nitrogens with zero attached hydrogens (tertiary/aromatic N) is 2. The standard InChI is InChI=1S/C12H22N2O5S/c1-13(6-7-19-2)20(17,18)14-8-10-4-3-5-12(10,9-14)11(15)16/h10H,3-9H2,1-2H3,(H,15,16)/t10-,12+/m0/s1. The Labute approximate surface area is 119 Å². The normalized spacial score (nSPS) is 30.9. The van der Waals surface area contributed by atoms with Gasteiger partial charge < -0.3 is 9.84 Å². The molecule has 7 nitrogen and oxygen atoms in total. The molecule has 1 aliphatic heterocycles. The van der Waals surface area contributed by atoms with E-state index < -0.39 is 21.6 Å². The van der Waals surface area contributed by atoms with E-state index in [1.807, 2.05) is 0 Å². The molecule has 8 heteroatoms. The third-order valence-corrected chi connectivity index (χ3v) is 6.50. The van der Waals surface area contributed by atoms with E-state index in [0.29, 0.717) is 19.6 Å². The predicted molar refractivity (Wildman–Crippen MR) is 72.4 cm³/mol. The maximum Gasteiger partial charge on any atom is 0.311 e. The smallest absolute Gasteiger partial charge is 0.311 e. The molecule has 116 valence electrons. The van der Waals surface area contributed by atoms with Crippen LogP contribution in [-0.2, 0) is 19.7 Å². The van der Waals surface area contributed by atoms with E-state index >= 15 is 0 Å². The summed E-state index contributed by atoms with van der Waals surface area (Å²) in [5.41, 5.74) is -0.880. The first-order chi connectivity index (χ1) is 9.34. The zero-order valence-electron chi connectivity index (χ0n) is 11.9. The van der Waals surface area contributed by atoms with Crippen LogP contribution in [0.5, 0.6) is 0 Å². The summed E-state index contributed by atoms with van der Waals surface area (Å²) in [7, 11) is -0.591. The van der Waals surface area contributed by atoms with Gasteiger partial charge in [-0.15, -0.1) is 0 Å². The van der Waals surface area contributed by atoms with Crippen molar-refractivity contribution in [3.05, 3.63) is 0 Å². The highest BCUT2D eigenvalue weighted by atomic mass is 32.2. The van der Waals surface area contributed by atoms with Gasteiger partial charge in [0.05, 0.1) is 12.0 Å². The Hall–Kier alpha value is -0.700. The summed E-state index contributed by atoms with van der Waals surface area (Å²) in [6, 6.07) is 0. The van der Waals surface area contributed by atoms with Crippen LogP contribution in [0.2, 0.25) is 0 Å². The SMILES string of the molecule is COCCN(C)S(=O)(=O)N1C[C@@H]2CCC[C@@]2(C(=O)O)C1. The lowest BCUT2D eigenvalue weighted by atomic mass is 9.81.